The van der Waals surface area contributed by atoms with E-state index in [1.54, 1.807) is 0 Å². The second-order valence-corrected chi connectivity index (χ2v) is 5.29. The third-order valence-electron chi connectivity index (χ3n) is 3.88. The fourth-order valence-electron chi connectivity index (χ4n) is 2.72. The van der Waals surface area contributed by atoms with Crippen LogP contribution in [0.3, 0.4) is 0 Å². The summed E-state index contributed by atoms with van der Waals surface area (Å²) in [5.74, 6) is 0. The SMILES string of the molecule is CCCCC(=NO)C(=NO)c1ccc2c(c1)CCCC2. The van der Waals surface area contributed by atoms with Crippen LogP contribution in [0.15, 0.2) is 28.5 Å². The molecule has 0 unspecified atom stereocenters. The van der Waals surface area contributed by atoms with E-state index in [9.17, 15) is 5.21 Å². The number of hydrogen-bond acceptors (Lipinski definition) is 4. The van der Waals surface area contributed by atoms with E-state index in [2.05, 4.69) is 29.4 Å². The molecule has 4 heteroatoms. The van der Waals surface area contributed by atoms with Gasteiger partial charge in [0.1, 0.15) is 11.4 Å². The summed E-state index contributed by atoms with van der Waals surface area (Å²) in [5, 5.41) is 25.1. The van der Waals surface area contributed by atoms with Crippen molar-refractivity contribution in [2.24, 2.45) is 10.3 Å². The molecular formula is C16H22N2O2. The van der Waals surface area contributed by atoms with Crippen LogP contribution in [0, 0.1) is 0 Å². The Morgan fingerprint density at radius 3 is 2.50 bits per heavy atom. The number of unbranched alkanes of at least 4 members (excludes halogenated alkanes) is 1. The van der Waals surface area contributed by atoms with Gasteiger partial charge < -0.3 is 10.4 Å². The van der Waals surface area contributed by atoms with E-state index in [1.807, 2.05) is 6.07 Å². The van der Waals surface area contributed by atoms with Crippen LogP contribution in [0.25, 0.3) is 0 Å². The predicted molar refractivity (Wildman–Crippen MR) is 80.2 cm³/mol. The third-order valence-corrected chi connectivity index (χ3v) is 3.88. The minimum absolute atomic E-state index is 0.384. The number of rotatable bonds is 5. The maximum Gasteiger partial charge on any atom is 0.134 e. The van der Waals surface area contributed by atoms with Gasteiger partial charge in [-0.3, -0.25) is 0 Å². The van der Waals surface area contributed by atoms with Crippen molar-refractivity contribution in [1.29, 1.82) is 0 Å². The lowest BCUT2D eigenvalue weighted by atomic mass is 9.89. The standard InChI is InChI=1S/C16H22N2O2/c1-2-3-8-15(17-19)16(18-20)14-10-9-12-6-4-5-7-13(12)11-14/h9-11,19-20H,2-8H2,1H3. The first-order chi connectivity index (χ1) is 9.80. The molecule has 108 valence electrons. The van der Waals surface area contributed by atoms with E-state index < -0.39 is 0 Å². The monoisotopic (exact) mass is 274 g/mol. The Hall–Kier alpha value is -1.84. The molecule has 4 nitrogen and oxygen atoms in total. The highest BCUT2D eigenvalue weighted by molar-refractivity contribution is 6.48. The summed E-state index contributed by atoms with van der Waals surface area (Å²) in [4.78, 5) is 0. The van der Waals surface area contributed by atoms with Crippen LogP contribution in [0.4, 0.5) is 0 Å². The van der Waals surface area contributed by atoms with E-state index >= 15 is 0 Å². The first-order valence-corrected chi connectivity index (χ1v) is 7.35. The number of nitrogens with zero attached hydrogens (tertiary/aromatic N) is 2. The van der Waals surface area contributed by atoms with Crippen molar-refractivity contribution >= 4 is 11.4 Å². The van der Waals surface area contributed by atoms with Gasteiger partial charge in [0, 0.05) is 5.56 Å². The van der Waals surface area contributed by atoms with Crippen LogP contribution in [0.1, 0.15) is 55.7 Å². The average Bonchev–Trinajstić information content (AvgIpc) is 2.51. The zero-order valence-corrected chi connectivity index (χ0v) is 12.0. The van der Waals surface area contributed by atoms with Crippen molar-refractivity contribution < 1.29 is 10.4 Å². The topological polar surface area (TPSA) is 65.2 Å². The van der Waals surface area contributed by atoms with Crippen molar-refractivity contribution in [3.63, 3.8) is 0 Å². The Morgan fingerprint density at radius 2 is 1.85 bits per heavy atom. The fourth-order valence-corrected chi connectivity index (χ4v) is 2.72. The first-order valence-electron chi connectivity index (χ1n) is 7.35. The van der Waals surface area contributed by atoms with E-state index in [4.69, 9.17) is 5.21 Å². The zero-order chi connectivity index (χ0) is 14.4. The van der Waals surface area contributed by atoms with Crippen molar-refractivity contribution in [1.82, 2.24) is 0 Å². The number of fused-ring (bicyclic) bond motifs is 1. The largest absolute Gasteiger partial charge is 0.411 e. The molecule has 0 radical (unpaired) electrons. The highest BCUT2D eigenvalue weighted by atomic mass is 16.4. The number of oxime groups is 2. The molecule has 0 amide bonds. The average molecular weight is 274 g/mol. The molecule has 0 spiro atoms. The van der Waals surface area contributed by atoms with Crippen LogP contribution in [0.2, 0.25) is 0 Å². The van der Waals surface area contributed by atoms with Gasteiger partial charge in [-0.05, 0) is 55.7 Å². The van der Waals surface area contributed by atoms with Gasteiger partial charge in [0.25, 0.3) is 0 Å². The molecule has 20 heavy (non-hydrogen) atoms. The van der Waals surface area contributed by atoms with Crippen molar-refractivity contribution in [3.8, 4) is 0 Å². The molecule has 2 rings (SSSR count). The zero-order valence-electron chi connectivity index (χ0n) is 12.0. The second-order valence-electron chi connectivity index (χ2n) is 5.29. The Labute approximate surface area is 119 Å². The summed E-state index contributed by atoms with van der Waals surface area (Å²) in [6.45, 7) is 2.07. The Kier molecular flexibility index (Phi) is 5.16. The normalized spacial score (nSPS) is 16.1. The lowest BCUT2D eigenvalue weighted by Crippen LogP contribution is -2.17. The lowest BCUT2D eigenvalue weighted by Gasteiger charge is -2.17. The minimum Gasteiger partial charge on any atom is -0.411 e. The third kappa shape index (κ3) is 3.18. The number of hydrogen-bond donors (Lipinski definition) is 2. The van der Waals surface area contributed by atoms with Crippen LogP contribution >= 0.6 is 0 Å². The summed E-state index contributed by atoms with van der Waals surface area (Å²) in [7, 11) is 0. The quantitative estimate of drug-likeness (QED) is 0.487. The summed E-state index contributed by atoms with van der Waals surface area (Å²) in [5.41, 5.74) is 4.37. The van der Waals surface area contributed by atoms with Crippen molar-refractivity contribution in [2.75, 3.05) is 0 Å². The number of aryl methyl sites for hydroxylation is 2. The van der Waals surface area contributed by atoms with Crippen LogP contribution < -0.4 is 0 Å². The molecule has 1 aliphatic rings. The molecule has 2 N–H and O–H groups in total. The summed E-state index contributed by atoms with van der Waals surface area (Å²) < 4.78 is 0. The van der Waals surface area contributed by atoms with E-state index in [1.165, 1.54) is 24.0 Å². The molecule has 0 saturated heterocycles. The van der Waals surface area contributed by atoms with Crippen LogP contribution in [-0.2, 0) is 12.8 Å². The molecular weight excluding hydrogens is 252 g/mol. The van der Waals surface area contributed by atoms with E-state index in [-0.39, 0.29) is 0 Å². The lowest BCUT2D eigenvalue weighted by molar-refractivity contribution is 0.313. The first kappa shape index (κ1) is 14.6. The van der Waals surface area contributed by atoms with Crippen molar-refractivity contribution in [2.45, 2.75) is 51.9 Å². The van der Waals surface area contributed by atoms with Gasteiger partial charge in [0.05, 0.1) is 0 Å². The highest BCUT2D eigenvalue weighted by Crippen LogP contribution is 2.23. The fraction of sp³-hybridized carbons (Fsp3) is 0.500. The Bertz CT molecular complexity index is 521. The van der Waals surface area contributed by atoms with Crippen LogP contribution in [-0.4, -0.2) is 21.8 Å². The molecule has 0 saturated carbocycles. The Balaban J connectivity index is 2.27. The maximum absolute atomic E-state index is 9.28. The molecule has 0 bridgehead atoms. The van der Waals surface area contributed by atoms with Gasteiger partial charge in [-0.2, -0.15) is 0 Å². The summed E-state index contributed by atoms with van der Waals surface area (Å²) in [6.07, 6.45) is 7.17. The van der Waals surface area contributed by atoms with Crippen molar-refractivity contribution in [3.05, 3.63) is 34.9 Å². The smallest absolute Gasteiger partial charge is 0.134 e. The molecule has 0 aromatic heterocycles. The van der Waals surface area contributed by atoms with Gasteiger partial charge in [-0.25, -0.2) is 0 Å². The molecule has 0 atom stereocenters. The summed E-state index contributed by atoms with van der Waals surface area (Å²) >= 11 is 0. The van der Waals surface area contributed by atoms with Gasteiger partial charge in [0.15, 0.2) is 0 Å². The van der Waals surface area contributed by atoms with E-state index in [0.29, 0.717) is 17.8 Å². The van der Waals surface area contributed by atoms with Gasteiger partial charge in [-0.15, -0.1) is 0 Å². The second kappa shape index (κ2) is 7.08. The van der Waals surface area contributed by atoms with Gasteiger partial charge in [0.2, 0.25) is 0 Å². The molecule has 1 aromatic rings. The maximum atomic E-state index is 9.28. The van der Waals surface area contributed by atoms with E-state index in [0.717, 1.165) is 31.2 Å². The van der Waals surface area contributed by atoms with Gasteiger partial charge >= 0.3 is 0 Å². The molecule has 0 aliphatic heterocycles. The molecule has 1 aliphatic carbocycles. The van der Waals surface area contributed by atoms with Gasteiger partial charge in [-0.1, -0.05) is 35.8 Å². The Morgan fingerprint density at radius 1 is 1.10 bits per heavy atom. The summed E-state index contributed by atoms with van der Waals surface area (Å²) in [6, 6.07) is 6.13. The van der Waals surface area contributed by atoms with Crippen LogP contribution in [0.5, 0.6) is 0 Å². The minimum atomic E-state index is 0.384. The predicted octanol–water partition coefficient (Wildman–Crippen LogP) is 3.76. The molecule has 1 aromatic carbocycles. The molecule has 0 fully saturated rings. The number of benzene rings is 1. The molecule has 0 heterocycles. The highest BCUT2D eigenvalue weighted by Gasteiger charge is 2.16.